The highest BCUT2D eigenvalue weighted by Crippen LogP contribution is 2.29. The number of aldehydes is 1. The lowest BCUT2D eigenvalue weighted by molar-refractivity contribution is 0.111. The van der Waals surface area contributed by atoms with Gasteiger partial charge in [-0.15, -0.1) is 11.3 Å². The van der Waals surface area contributed by atoms with Crippen molar-refractivity contribution in [3.63, 3.8) is 0 Å². The van der Waals surface area contributed by atoms with Crippen molar-refractivity contribution in [2.24, 2.45) is 0 Å². The first-order chi connectivity index (χ1) is 7.31. The van der Waals surface area contributed by atoms with Gasteiger partial charge in [-0.05, 0) is 13.3 Å². The smallest absolute Gasteiger partial charge is 0.196 e. The normalized spacial score (nSPS) is 20.6. The summed E-state index contributed by atoms with van der Waals surface area (Å²) in [5, 5.41) is 1.94. The van der Waals surface area contributed by atoms with E-state index >= 15 is 0 Å². The summed E-state index contributed by atoms with van der Waals surface area (Å²) in [6.07, 6.45) is 3.97. The lowest BCUT2D eigenvalue weighted by Gasteiger charge is -2.39. The molecule has 0 spiro atoms. The summed E-state index contributed by atoms with van der Waals surface area (Å²) in [5.41, 5.74) is 0.679. The molecule has 3 heterocycles. The van der Waals surface area contributed by atoms with E-state index in [2.05, 4.69) is 16.8 Å². The standard InChI is InChI=1S/C10H11N3OS/c1-7-2-3-12(7)9-8(6-14)13-4-5-15-10(13)11-9/h4-7H,2-3H2,1H3. The van der Waals surface area contributed by atoms with Gasteiger partial charge in [0.15, 0.2) is 17.1 Å². The zero-order valence-electron chi connectivity index (χ0n) is 8.38. The Balaban J connectivity index is 2.16. The summed E-state index contributed by atoms with van der Waals surface area (Å²) in [7, 11) is 0. The minimum atomic E-state index is 0.508. The summed E-state index contributed by atoms with van der Waals surface area (Å²) < 4.78 is 1.86. The largest absolute Gasteiger partial charge is 0.352 e. The van der Waals surface area contributed by atoms with Crippen LogP contribution in [0.25, 0.3) is 4.96 Å². The maximum absolute atomic E-state index is 11.1. The molecule has 1 aliphatic heterocycles. The van der Waals surface area contributed by atoms with Gasteiger partial charge in [-0.2, -0.15) is 0 Å². The van der Waals surface area contributed by atoms with Crippen LogP contribution in [0, 0.1) is 0 Å². The number of carbonyl (C=O) groups excluding carboxylic acids is 1. The highest BCUT2D eigenvalue weighted by molar-refractivity contribution is 7.15. The van der Waals surface area contributed by atoms with Gasteiger partial charge in [0.25, 0.3) is 0 Å². The molecule has 0 bridgehead atoms. The van der Waals surface area contributed by atoms with E-state index in [4.69, 9.17) is 0 Å². The molecule has 1 fully saturated rings. The Labute approximate surface area is 91.1 Å². The summed E-state index contributed by atoms with van der Waals surface area (Å²) in [6, 6.07) is 0.508. The fraction of sp³-hybridized carbons (Fsp3) is 0.400. The van der Waals surface area contributed by atoms with Crippen LogP contribution in [0.15, 0.2) is 11.6 Å². The second-order valence-electron chi connectivity index (χ2n) is 3.83. The molecule has 0 N–H and O–H groups in total. The second kappa shape index (κ2) is 3.06. The number of aromatic nitrogens is 2. The van der Waals surface area contributed by atoms with E-state index in [0.717, 1.165) is 23.6 Å². The molecule has 5 heteroatoms. The van der Waals surface area contributed by atoms with Crippen LogP contribution in [-0.2, 0) is 0 Å². The van der Waals surface area contributed by atoms with Crippen LogP contribution in [0.3, 0.4) is 0 Å². The predicted octanol–water partition coefficient (Wildman–Crippen LogP) is 1.81. The van der Waals surface area contributed by atoms with Crippen molar-refractivity contribution < 1.29 is 4.79 Å². The van der Waals surface area contributed by atoms with Crippen LogP contribution in [0.5, 0.6) is 0 Å². The number of hydrogen-bond acceptors (Lipinski definition) is 4. The Morgan fingerprint density at radius 2 is 2.53 bits per heavy atom. The average Bonchev–Trinajstić information content (AvgIpc) is 2.75. The van der Waals surface area contributed by atoms with Gasteiger partial charge in [0.05, 0.1) is 0 Å². The van der Waals surface area contributed by atoms with Gasteiger partial charge < -0.3 is 4.90 Å². The fourth-order valence-corrected chi connectivity index (χ4v) is 2.66. The molecular formula is C10H11N3OS. The van der Waals surface area contributed by atoms with Gasteiger partial charge >= 0.3 is 0 Å². The monoisotopic (exact) mass is 221 g/mol. The molecule has 1 unspecified atom stereocenters. The van der Waals surface area contributed by atoms with E-state index < -0.39 is 0 Å². The van der Waals surface area contributed by atoms with Crippen molar-refractivity contribution in [3.8, 4) is 0 Å². The first kappa shape index (κ1) is 8.91. The molecular weight excluding hydrogens is 210 g/mol. The maximum Gasteiger partial charge on any atom is 0.196 e. The third-order valence-electron chi connectivity index (χ3n) is 2.98. The van der Waals surface area contributed by atoms with Gasteiger partial charge in [0.1, 0.15) is 5.69 Å². The van der Waals surface area contributed by atoms with Crippen LogP contribution < -0.4 is 4.90 Å². The van der Waals surface area contributed by atoms with E-state index in [9.17, 15) is 4.79 Å². The van der Waals surface area contributed by atoms with Crippen LogP contribution in [-0.4, -0.2) is 28.3 Å². The first-order valence-electron chi connectivity index (χ1n) is 4.98. The number of nitrogens with zero attached hydrogens (tertiary/aromatic N) is 3. The quantitative estimate of drug-likeness (QED) is 0.726. The molecule has 2 aromatic rings. The van der Waals surface area contributed by atoms with Crippen molar-refractivity contribution in [2.45, 2.75) is 19.4 Å². The van der Waals surface area contributed by atoms with Gasteiger partial charge in [0, 0.05) is 24.2 Å². The van der Waals surface area contributed by atoms with E-state index in [0.29, 0.717) is 11.7 Å². The molecule has 3 rings (SSSR count). The van der Waals surface area contributed by atoms with Crippen molar-refractivity contribution in [3.05, 3.63) is 17.3 Å². The molecule has 2 aromatic heterocycles. The molecule has 0 aromatic carbocycles. The van der Waals surface area contributed by atoms with Crippen molar-refractivity contribution in [1.29, 1.82) is 0 Å². The molecule has 0 saturated carbocycles. The minimum Gasteiger partial charge on any atom is -0.352 e. The summed E-state index contributed by atoms with van der Waals surface area (Å²) in [4.78, 5) is 18.6. The van der Waals surface area contributed by atoms with Crippen molar-refractivity contribution >= 4 is 28.4 Å². The molecule has 78 valence electrons. The summed E-state index contributed by atoms with van der Waals surface area (Å²) in [5.74, 6) is 0.843. The summed E-state index contributed by atoms with van der Waals surface area (Å²) in [6.45, 7) is 3.17. The Morgan fingerprint density at radius 1 is 1.67 bits per heavy atom. The second-order valence-corrected chi connectivity index (χ2v) is 4.70. The Kier molecular flexibility index (Phi) is 1.82. The molecule has 15 heavy (non-hydrogen) atoms. The number of thiazole rings is 1. The third kappa shape index (κ3) is 1.13. The number of anilines is 1. The highest BCUT2D eigenvalue weighted by Gasteiger charge is 2.28. The topological polar surface area (TPSA) is 37.6 Å². The van der Waals surface area contributed by atoms with E-state index in [1.807, 2.05) is 16.0 Å². The van der Waals surface area contributed by atoms with Gasteiger partial charge in [-0.1, -0.05) is 0 Å². The number of rotatable bonds is 2. The number of carbonyl (C=O) groups is 1. The van der Waals surface area contributed by atoms with E-state index in [-0.39, 0.29) is 0 Å². The lowest BCUT2D eigenvalue weighted by Crippen LogP contribution is -2.46. The third-order valence-corrected chi connectivity index (χ3v) is 3.74. The van der Waals surface area contributed by atoms with Crippen molar-refractivity contribution in [2.75, 3.05) is 11.4 Å². The fourth-order valence-electron chi connectivity index (χ4n) is 1.94. The number of hydrogen-bond donors (Lipinski definition) is 0. The number of imidazole rings is 1. The van der Waals surface area contributed by atoms with Gasteiger partial charge in [0.2, 0.25) is 0 Å². The molecule has 4 nitrogen and oxygen atoms in total. The molecule has 1 atom stereocenters. The lowest BCUT2D eigenvalue weighted by atomic mass is 10.1. The Morgan fingerprint density at radius 3 is 3.13 bits per heavy atom. The van der Waals surface area contributed by atoms with E-state index in [1.165, 1.54) is 6.42 Å². The summed E-state index contributed by atoms with van der Waals surface area (Å²) >= 11 is 1.56. The molecule has 0 radical (unpaired) electrons. The first-order valence-corrected chi connectivity index (χ1v) is 5.86. The van der Waals surface area contributed by atoms with Gasteiger partial charge in [-0.25, -0.2) is 4.98 Å². The predicted molar refractivity (Wildman–Crippen MR) is 59.9 cm³/mol. The van der Waals surface area contributed by atoms with Crippen LogP contribution >= 0.6 is 11.3 Å². The van der Waals surface area contributed by atoms with Gasteiger partial charge in [-0.3, -0.25) is 9.20 Å². The zero-order valence-corrected chi connectivity index (χ0v) is 9.20. The van der Waals surface area contributed by atoms with Crippen molar-refractivity contribution in [1.82, 2.24) is 9.38 Å². The Hall–Kier alpha value is -1.36. The SMILES string of the molecule is CC1CCN1c1nc2sccn2c1C=O. The van der Waals surface area contributed by atoms with E-state index in [1.54, 1.807) is 11.3 Å². The molecule has 1 saturated heterocycles. The number of fused-ring (bicyclic) bond motifs is 1. The molecule has 0 amide bonds. The molecule has 1 aliphatic rings. The Bertz CT molecular complexity index is 516. The zero-order chi connectivity index (χ0) is 10.4. The molecule has 0 aliphatic carbocycles. The van der Waals surface area contributed by atoms with Crippen LogP contribution in [0.1, 0.15) is 23.8 Å². The maximum atomic E-state index is 11.1. The van der Waals surface area contributed by atoms with Crippen LogP contribution in [0.4, 0.5) is 5.82 Å². The minimum absolute atomic E-state index is 0.508. The average molecular weight is 221 g/mol. The van der Waals surface area contributed by atoms with Crippen LogP contribution in [0.2, 0.25) is 0 Å². The highest BCUT2D eigenvalue weighted by atomic mass is 32.1.